The Morgan fingerprint density at radius 2 is 1.94 bits per heavy atom. The van der Waals surface area contributed by atoms with Crippen LogP contribution in [0.4, 0.5) is 21.8 Å². The molecule has 0 saturated carbocycles. The van der Waals surface area contributed by atoms with E-state index in [0.717, 1.165) is 16.9 Å². The van der Waals surface area contributed by atoms with E-state index in [1.54, 1.807) is 24.4 Å². The molecule has 8 nitrogen and oxygen atoms in total. The van der Waals surface area contributed by atoms with E-state index in [-0.39, 0.29) is 5.02 Å². The highest BCUT2D eigenvalue weighted by Crippen LogP contribution is 2.32. The molecular weight excluding hydrogens is 439 g/mol. The van der Waals surface area contributed by atoms with Gasteiger partial charge in [0.1, 0.15) is 11.6 Å². The van der Waals surface area contributed by atoms with Gasteiger partial charge in [0.15, 0.2) is 5.75 Å². The van der Waals surface area contributed by atoms with E-state index >= 15 is 0 Å². The van der Waals surface area contributed by atoms with Crippen molar-refractivity contribution in [2.75, 3.05) is 36.5 Å². The van der Waals surface area contributed by atoms with Crippen LogP contribution in [0.2, 0.25) is 5.02 Å². The molecule has 0 bridgehead atoms. The van der Waals surface area contributed by atoms with E-state index in [9.17, 15) is 9.18 Å². The Morgan fingerprint density at radius 3 is 2.62 bits per heavy atom. The molecule has 1 aliphatic rings. The summed E-state index contributed by atoms with van der Waals surface area (Å²) in [6, 6.07) is 11.4. The van der Waals surface area contributed by atoms with Crippen LogP contribution in [0, 0.1) is 5.82 Å². The zero-order valence-corrected chi connectivity index (χ0v) is 17.9. The highest BCUT2D eigenvalue weighted by atomic mass is 35.5. The van der Waals surface area contributed by atoms with Crippen LogP contribution in [0.5, 0.6) is 5.75 Å². The molecular formula is C22H20ClFN4O4. The summed E-state index contributed by atoms with van der Waals surface area (Å²) in [6.07, 6.45) is 1.72. The molecule has 0 atom stereocenters. The lowest BCUT2D eigenvalue weighted by atomic mass is 10.1. The van der Waals surface area contributed by atoms with Gasteiger partial charge in [0.05, 0.1) is 18.2 Å². The highest BCUT2D eigenvalue weighted by Gasteiger charge is 2.19. The smallest absolute Gasteiger partial charge is 0.352 e. The average Bonchev–Trinajstić information content (AvgIpc) is 2.81. The number of halogens is 2. The molecule has 0 aliphatic carbocycles. The van der Waals surface area contributed by atoms with Gasteiger partial charge in [-0.05, 0) is 35.9 Å². The molecule has 0 spiro atoms. The molecule has 1 fully saturated rings. The van der Waals surface area contributed by atoms with Crippen molar-refractivity contribution in [1.29, 1.82) is 0 Å². The molecule has 1 N–H and O–H groups in total. The number of anilines is 3. The zero-order valence-electron chi connectivity index (χ0n) is 17.2. The number of benzene rings is 2. The van der Waals surface area contributed by atoms with Gasteiger partial charge in [0, 0.05) is 37.5 Å². The molecule has 32 heavy (non-hydrogen) atoms. The van der Waals surface area contributed by atoms with Crippen LogP contribution >= 0.6 is 11.6 Å². The Hall–Kier alpha value is -3.43. The Labute approximate surface area is 188 Å². The van der Waals surface area contributed by atoms with Crippen molar-refractivity contribution in [1.82, 2.24) is 9.97 Å². The summed E-state index contributed by atoms with van der Waals surface area (Å²) >= 11 is 5.88. The van der Waals surface area contributed by atoms with Gasteiger partial charge in [0.2, 0.25) is 5.95 Å². The van der Waals surface area contributed by atoms with E-state index in [4.69, 9.17) is 26.2 Å². The normalized spacial score (nSPS) is 13.5. The lowest BCUT2D eigenvalue weighted by molar-refractivity contribution is -0.210. The monoisotopic (exact) mass is 458 g/mol. The zero-order chi connectivity index (χ0) is 22.5. The first-order chi connectivity index (χ1) is 15.5. The van der Waals surface area contributed by atoms with E-state index in [1.165, 1.54) is 19.1 Å². The Balaban J connectivity index is 1.63. The van der Waals surface area contributed by atoms with Crippen LogP contribution in [0.3, 0.4) is 0 Å². The molecule has 166 valence electrons. The van der Waals surface area contributed by atoms with Crippen molar-refractivity contribution in [2.24, 2.45) is 0 Å². The highest BCUT2D eigenvalue weighted by molar-refractivity contribution is 6.31. The Bertz CT molecular complexity index is 1110. The summed E-state index contributed by atoms with van der Waals surface area (Å²) in [4.78, 5) is 31.7. The SMILES string of the molecule is CC(=O)OOc1ccc(-c2cnc(Nc3ccc(F)c(Cl)c3)nc2N2CCOCC2)cc1. The van der Waals surface area contributed by atoms with Gasteiger partial charge < -0.3 is 15.0 Å². The van der Waals surface area contributed by atoms with Crippen molar-refractivity contribution in [3.8, 4) is 16.9 Å². The fourth-order valence-corrected chi connectivity index (χ4v) is 3.33. The number of aromatic nitrogens is 2. The van der Waals surface area contributed by atoms with E-state index in [1.807, 2.05) is 12.1 Å². The topological polar surface area (TPSA) is 85.8 Å². The van der Waals surface area contributed by atoms with Gasteiger partial charge in [-0.2, -0.15) is 4.98 Å². The van der Waals surface area contributed by atoms with Gasteiger partial charge in [-0.3, -0.25) is 9.78 Å². The van der Waals surface area contributed by atoms with Gasteiger partial charge in [0.25, 0.3) is 0 Å². The Kier molecular flexibility index (Phi) is 6.67. The number of nitrogens with one attached hydrogen (secondary N) is 1. The second kappa shape index (κ2) is 9.80. The van der Waals surface area contributed by atoms with Gasteiger partial charge >= 0.3 is 5.97 Å². The maximum absolute atomic E-state index is 13.5. The summed E-state index contributed by atoms with van der Waals surface area (Å²) in [5, 5.41) is 3.08. The van der Waals surface area contributed by atoms with Crippen molar-refractivity contribution >= 4 is 35.0 Å². The van der Waals surface area contributed by atoms with E-state index < -0.39 is 11.8 Å². The number of ether oxygens (including phenoxy) is 1. The van der Waals surface area contributed by atoms with Crippen LogP contribution in [-0.2, 0) is 14.4 Å². The lowest BCUT2D eigenvalue weighted by Gasteiger charge is -2.29. The van der Waals surface area contributed by atoms with Gasteiger partial charge in [-0.1, -0.05) is 23.7 Å². The molecule has 2 heterocycles. The minimum Gasteiger partial charge on any atom is -0.378 e. The maximum Gasteiger partial charge on any atom is 0.352 e. The van der Waals surface area contributed by atoms with Gasteiger partial charge in [-0.15, -0.1) is 0 Å². The quantitative estimate of drug-likeness (QED) is 0.430. The van der Waals surface area contributed by atoms with Crippen LogP contribution in [0.1, 0.15) is 6.92 Å². The third kappa shape index (κ3) is 5.24. The van der Waals surface area contributed by atoms with Crippen LogP contribution < -0.4 is 15.1 Å². The fourth-order valence-electron chi connectivity index (χ4n) is 3.15. The second-order valence-corrected chi connectivity index (χ2v) is 7.37. The third-order valence-electron chi connectivity index (χ3n) is 4.68. The minimum atomic E-state index is -0.539. The number of hydrogen-bond donors (Lipinski definition) is 1. The van der Waals surface area contributed by atoms with Crippen LogP contribution in [-0.4, -0.2) is 42.2 Å². The molecule has 1 saturated heterocycles. The number of carbonyl (C=O) groups is 1. The van der Waals surface area contributed by atoms with Crippen molar-refractivity contribution < 1.29 is 23.7 Å². The molecule has 10 heteroatoms. The first-order valence-corrected chi connectivity index (χ1v) is 10.2. The van der Waals surface area contributed by atoms with Crippen molar-refractivity contribution in [3.05, 3.63) is 59.5 Å². The van der Waals surface area contributed by atoms with Gasteiger partial charge in [-0.25, -0.2) is 14.2 Å². The molecule has 0 amide bonds. The molecule has 1 aromatic heterocycles. The van der Waals surface area contributed by atoms with E-state index in [0.29, 0.717) is 43.7 Å². The third-order valence-corrected chi connectivity index (χ3v) is 4.97. The lowest BCUT2D eigenvalue weighted by Crippen LogP contribution is -2.37. The first kappa shape index (κ1) is 21.8. The largest absolute Gasteiger partial charge is 0.378 e. The molecule has 0 radical (unpaired) electrons. The first-order valence-electron chi connectivity index (χ1n) is 9.87. The molecule has 3 aromatic rings. The molecule has 4 rings (SSSR count). The number of carbonyl (C=O) groups excluding carboxylic acids is 1. The molecule has 1 aliphatic heterocycles. The van der Waals surface area contributed by atoms with Crippen molar-refractivity contribution in [2.45, 2.75) is 6.92 Å². The number of hydrogen-bond acceptors (Lipinski definition) is 8. The predicted octanol–water partition coefficient (Wildman–Crippen LogP) is 4.37. The standard InChI is InChI=1S/C22H20ClFN4O4/c1-14(29)31-32-17-5-2-15(3-6-17)18-13-25-22(26-16-4-7-20(24)19(23)12-16)27-21(18)28-8-10-30-11-9-28/h2-7,12-13H,8-11H2,1H3,(H,25,26,27). The fraction of sp³-hybridized carbons (Fsp3) is 0.227. The predicted molar refractivity (Wildman–Crippen MR) is 118 cm³/mol. The van der Waals surface area contributed by atoms with E-state index in [2.05, 4.69) is 20.1 Å². The van der Waals surface area contributed by atoms with Crippen molar-refractivity contribution in [3.63, 3.8) is 0 Å². The number of morpholine rings is 1. The Morgan fingerprint density at radius 1 is 1.19 bits per heavy atom. The minimum absolute atomic E-state index is 0.0103. The number of nitrogens with zero attached hydrogens (tertiary/aromatic N) is 3. The summed E-state index contributed by atoms with van der Waals surface area (Å²) in [5.41, 5.74) is 2.25. The summed E-state index contributed by atoms with van der Waals surface area (Å²) in [5.74, 6) is 0.441. The summed E-state index contributed by atoms with van der Waals surface area (Å²) < 4.78 is 18.9. The summed E-state index contributed by atoms with van der Waals surface area (Å²) in [6.45, 7) is 3.80. The average molecular weight is 459 g/mol. The van der Waals surface area contributed by atoms with Crippen LogP contribution in [0.15, 0.2) is 48.7 Å². The number of rotatable bonds is 6. The van der Waals surface area contributed by atoms with Crippen LogP contribution in [0.25, 0.3) is 11.1 Å². The summed E-state index contributed by atoms with van der Waals surface area (Å²) in [7, 11) is 0. The second-order valence-electron chi connectivity index (χ2n) is 6.97. The molecule has 0 unspecified atom stereocenters. The molecule has 2 aromatic carbocycles. The maximum atomic E-state index is 13.5.